The van der Waals surface area contributed by atoms with Gasteiger partial charge >= 0.3 is 0 Å². The van der Waals surface area contributed by atoms with E-state index in [-0.39, 0.29) is 5.91 Å². The average Bonchev–Trinajstić information content (AvgIpc) is 3.13. The Kier molecular flexibility index (Phi) is 4.04. The summed E-state index contributed by atoms with van der Waals surface area (Å²) >= 11 is 0. The van der Waals surface area contributed by atoms with Crippen molar-refractivity contribution < 1.29 is 9.32 Å². The molecule has 0 aromatic carbocycles. The van der Waals surface area contributed by atoms with E-state index in [1.807, 2.05) is 29.0 Å². The predicted octanol–water partition coefficient (Wildman–Crippen LogP) is 1.50. The lowest BCUT2D eigenvalue weighted by atomic mass is 10.2. The Hall–Kier alpha value is -2.44. The summed E-state index contributed by atoms with van der Waals surface area (Å²) in [6, 6.07) is 3.75. The zero-order chi connectivity index (χ0) is 15.5. The number of anilines is 1. The van der Waals surface area contributed by atoms with E-state index in [1.54, 1.807) is 13.1 Å². The number of aromatic nitrogens is 3. The van der Waals surface area contributed by atoms with E-state index in [0.29, 0.717) is 31.2 Å². The number of hydrogen-bond acceptors (Lipinski definition) is 6. The van der Waals surface area contributed by atoms with E-state index < -0.39 is 0 Å². The first-order valence-corrected chi connectivity index (χ1v) is 7.40. The molecule has 0 unspecified atom stereocenters. The summed E-state index contributed by atoms with van der Waals surface area (Å²) in [4.78, 5) is 24.3. The molecule has 0 aliphatic carbocycles. The Morgan fingerprint density at radius 3 is 3.00 bits per heavy atom. The molecule has 0 saturated carbocycles. The van der Waals surface area contributed by atoms with Crippen molar-refractivity contribution in [3.63, 3.8) is 0 Å². The molecule has 116 valence electrons. The molecule has 0 N–H and O–H groups in total. The van der Waals surface area contributed by atoms with Crippen LogP contribution < -0.4 is 4.90 Å². The van der Waals surface area contributed by atoms with Crippen LogP contribution >= 0.6 is 0 Å². The number of likely N-dealkylation sites (tertiary alicyclic amines) is 1. The first-order valence-electron chi connectivity index (χ1n) is 7.40. The third-order valence-corrected chi connectivity index (χ3v) is 3.78. The number of rotatable bonds is 5. The Labute approximate surface area is 128 Å². The molecule has 1 aliphatic rings. The normalized spacial score (nSPS) is 14.6. The smallest absolute Gasteiger partial charge is 0.261 e. The molecule has 3 rings (SSSR count). The van der Waals surface area contributed by atoms with E-state index in [9.17, 15) is 4.79 Å². The monoisotopic (exact) mass is 301 g/mol. The van der Waals surface area contributed by atoms with Crippen molar-refractivity contribution in [1.29, 1.82) is 0 Å². The van der Waals surface area contributed by atoms with Crippen molar-refractivity contribution in [2.45, 2.75) is 19.8 Å². The largest absolute Gasteiger partial charge is 0.357 e. The predicted molar refractivity (Wildman–Crippen MR) is 81.4 cm³/mol. The standard InChI is InChI=1S/C15H19N5O2/c1-11-17-15(22-18-11)12-5-3-7-16-14(12)19(2)9-10-20-8-4-6-13(20)21/h3,5,7H,4,6,8-10H2,1-2H3. The zero-order valence-corrected chi connectivity index (χ0v) is 12.8. The molecule has 22 heavy (non-hydrogen) atoms. The molecule has 1 saturated heterocycles. The molecule has 1 aliphatic heterocycles. The van der Waals surface area contributed by atoms with Crippen LogP contribution in [0.25, 0.3) is 11.5 Å². The summed E-state index contributed by atoms with van der Waals surface area (Å²) in [6.45, 7) is 4.05. The van der Waals surface area contributed by atoms with Crippen LogP contribution in [0, 0.1) is 6.92 Å². The van der Waals surface area contributed by atoms with Gasteiger partial charge in [0.25, 0.3) is 5.89 Å². The maximum Gasteiger partial charge on any atom is 0.261 e. The number of carbonyl (C=O) groups excluding carboxylic acids is 1. The van der Waals surface area contributed by atoms with Crippen molar-refractivity contribution in [3.8, 4) is 11.5 Å². The van der Waals surface area contributed by atoms with Crippen molar-refractivity contribution >= 4 is 11.7 Å². The minimum Gasteiger partial charge on any atom is -0.357 e. The third kappa shape index (κ3) is 2.93. The van der Waals surface area contributed by atoms with Gasteiger partial charge in [0.2, 0.25) is 5.91 Å². The molecule has 3 heterocycles. The molecule has 7 nitrogen and oxygen atoms in total. The van der Waals surface area contributed by atoms with Crippen LogP contribution in [-0.2, 0) is 4.79 Å². The second-order valence-corrected chi connectivity index (χ2v) is 5.43. The Bertz CT molecular complexity index is 669. The van der Waals surface area contributed by atoms with Crippen LogP contribution in [0.4, 0.5) is 5.82 Å². The Morgan fingerprint density at radius 1 is 1.45 bits per heavy atom. The van der Waals surface area contributed by atoms with Crippen molar-refractivity contribution in [2.75, 3.05) is 31.6 Å². The lowest BCUT2D eigenvalue weighted by Crippen LogP contribution is -2.34. The summed E-state index contributed by atoms with van der Waals surface area (Å²) in [5, 5.41) is 3.83. The summed E-state index contributed by atoms with van der Waals surface area (Å²) in [5.41, 5.74) is 0.804. The van der Waals surface area contributed by atoms with E-state index in [2.05, 4.69) is 15.1 Å². The number of nitrogens with zero attached hydrogens (tertiary/aromatic N) is 5. The molecular weight excluding hydrogens is 282 g/mol. The van der Waals surface area contributed by atoms with Crippen LogP contribution in [0.3, 0.4) is 0 Å². The number of amides is 1. The summed E-state index contributed by atoms with van der Waals surface area (Å²) < 4.78 is 5.24. The van der Waals surface area contributed by atoms with Gasteiger partial charge in [-0.25, -0.2) is 4.98 Å². The number of likely N-dealkylation sites (N-methyl/N-ethyl adjacent to an activating group) is 1. The van der Waals surface area contributed by atoms with E-state index in [1.165, 1.54) is 0 Å². The lowest BCUT2D eigenvalue weighted by Gasteiger charge is -2.23. The highest BCUT2D eigenvalue weighted by atomic mass is 16.5. The maximum absolute atomic E-state index is 11.7. The molecular formula is C15H19N5O2. The first-order chi connectivity index (χ1) is 10.6. The van der Waals surface area contributed by atoms with Gasteiger partial charge in [-0.1, -0.05) is 5.16 Å². The van der Waals surface area contributed by atoms with Gasteiger partial charge in [0.1, 0.15) is 5.82 Å². The molecule has 2 aromatic rings. The third-order valence-electron chi connectivity index (χ3n) is 3.78. The SMILES string of the molecule is Cc1noc(-c2cccnc2N(C)CCN2CCCC2=O)n1. The fourth-order valence-electron chi connectivity index (χ4n) is 2.59. The maximum atomic E-state index is 11.7. The molecule has 0 spiro atoms. The summed E-state index contributed by atoms with van der Waals surface area (Å²) in [6.07, 6.45) is 3.36. The van der Waals surface area contributed by atoms with E-state index in [0.717, 1.165) is 24.3 Å². The minimum absolute atomic E-state index is 0.238. The topological polar surface area (TPSA) is 75.4 Å². The van der Waals surface area contributed by atoms with Gasteiger partial charge in [0.15, 0.2) is 5.82 Å². The van der Waals surface area contributed by atoms with Crippen LogP contribution in [0.1, 0.15) is 18.7 Å². The number of carbonyl (C=O) groups is 1. The van der Waals surface area contributed by atoms with Crippen LogP contribution in [0.2, 0.25) is 0 Å². The average molecular weight is 301 g/mol. The quantitative estimate of drug-likeness (QED) is 0.833. The molecule has 0 atom stereocenters. The van der Waals surface area contributed by atoms with Crippen LogP contribution in [-0.4, -0.2) is 52.6 Å². The number of pyridine rings is 1. The summed E-state index contributed by atoms with van der Waals surface area (Å²) in [5.74, 6) is 2.07. The molecule has 1 amide bonds. The second kappa shape index (κ2) is 6.13. The highest BCUT2D eigenvalue weighted by molar-refractivity contribution is 5.78. The minimum atomic E-state index is 0.238. The Morgan fingerprint density at radius 2 is 2.32 bits per heavy atom. The fourth-order valence-corrected chi connectivity index (χ4v) is 2.59. The second-order valence-electron chi connectivity index (χ2n) is 5.43. The van der Waals surface area contributed by atoms with Gasteiger partial charge < -0.3 is 14.3 Å². The first kappa shape index (κ1) is 14.5. The van der Waals surface area contributed by atoms with Gasteiger partial charge in [-0.05, 0) is 25.5 Å². The molecule has 1 fully saturated rings. The molecule has 0 radical (unpaired) electrons. The van der Waals surface area contributed by atoms with Crippen molar-refractivity contribution in [3.05, 3.63) is 24.2 Å². The highest BCUT2D eigenvalue weighted by Crippen LogP contribution is 2.26. The van der Waals surface area contributed by atoms with Gasteiger partial charge in [0.05, 0.1) is 5.56 Å². The lowest BCUT2D eigenvalue weighted by molar-refractivity contribution is -0.127. The number of aryl methyl sites for hydroxylation is 1. The fraction of sp³-hybridized carbons (Fsp3) is 0.467. The highest BCUT2D eigenvalue weighted by Gasteiger charge is 2.21. The van der Waals surface area contributed by atoms with Crippen molar-refractivity contribution in [2.24, 2.45) is 0 Å². The molecule has 7 heteroatoms. The van der Waals surface area contributed by atoms with Gasteiger partial charge in [-0.15, -0.1) is 0 Å². The molecule has 0 bridgehead atoms. The van der Waals surface area contributed by atoms with E-state index in [4.69, 9.17) is 4.52 Å². The Balaban J connectivity index is 1.75. The molecule has 2 aromatic heterocycles. The van der Waals surface area contributed by atoms with Gasteiger partial charge in [-0.2, -0.15) is 4.98 Å². The van der Waals surface area contributed by atoms with Crippen molar-refractivity contribution in [1.82, 2.24) is 20.0 Å². The summed E-state index contributed by atoms with van der Waals surface area (Å²) in [7, 11) is 1.95. The zero-order valence-electron chi connectivity index (χ0n) is 12.8. The number of hydrogen-bond donors (Lipinski definition) is 0. The van der Waals surface area contributed by atoms with E-state index >= 15 is 0 Å². The van der Waals surface area contributed by atoms with Crippen LogP contribution in [0.5, 0.6) is 0 Å². The van der Waals surface area contributed by atoms with Crippen LogP contribution in [0.15, 0.2) is 22.9 Å². The van der Waals surface area contributed by atoms with Gasteiger partial charge in [0, 0.05) is 39.3 Å². The van der Waals surface area contributed by atoms with Gasteiger partial charge in [-0.3, -0.25) is 4.79 Å².